The van der Waals surface area contributed by atoms with Crippen LogP contribution in [-0.2, 0) is 9.47 Å². The predicted molar refractivity (Wildman–Crippen MR) is 84.3 cm³/mol. The van der Waals surface area contributed by atoms with Crippen LogP contribution in [0.5, 0.6) is 0 Å². The fourth-order valence-corrected chi connectivity index (χ4v) is 2.49. The molecule has 0 aliphatic carbocycles. The smallest absolute Gasteiger partial charge is 0.0615 e. The van der Waals surface area contributed by atoms with Crippen LogP contribution in [0.2, 0.25) is 0 Å². The first kappa shape index (κ1) is 18.1. The highest BCUT2D eigenvalue weighted by molar-refractivity contribution is 5.12. The van der Waals surface area contributed by atoms with Crippen molar-refractivity contribution in [2.24, 2.45) is 5.73 Å². The van der Waals surface area contributed by atoms with Crippen molar-refractivity contribution in [3.05, 3.63) is 18.0 Å². The molecule has 6 nitrogen and oxygen atoms in total. The molecule has 0 radical (unpaired) electrons. The third kappa shape index (κ3) is 5.07. The Morgan fingerprint density at radius 3 is 2.48 bits per heavy atom. The van der Waals surface area contributed by atoms with E-state index in [1.807, 2.05) is 10.9 Å². The summed E-state index contributed by atoms with van der Waals surface area (Å²) in [5.74, 6) is 0. The van der Waals surface area contributed by atoms with Gasteiger partial charge in [0.25, 0.3) is 0 Å². The number of methoxy groups -OCH3 is 2. The lowest BCUT2D eigenvalue weighted by Gasteiger charge is -2.35. The van der Waals surface area contributed by atoms with Crippen LogP contribution in [0.3, 0.4) is 0 Å². The molecule has 0 fully saturated rings. The fourth-order valence-electron chi connectivity index (χ4n) is 2.49. The van der Waals surface area contributed by atoms with Crippen molar-refractivity contribution < 1.29 is 9.47 Å². The van der Waals surface area contributed by atoms with Crippen LogP contribution >= 0.6 is 0 Å². The number of rotatable bonds is 10. The molecular formula is C15H30N4O2. The van der Waals surface area contributed by atoms with E-state index < -0.39 is 0 Å². The van der Waals surface area contributed by atoms with Gasteiger partial charge in [-0.15, -0.1) is 0 Å². The van der Waals surface area contributed by atoms with Crippen molar-refractivity contribution in [3.8, 4) is 0 Å². The lowest BCUT2D eigenvalue weighted by atomic mass is 10.1. The summed E-state index contributed by atoms with van der Waals surface area (Å²) in [5.41, 5.74) is 7.18. The van der Waals surface area contributed by atoms with Crippen LogP contribution in [0.15, 0.2) is 12.4 Å². The molecule has 2 N–H and O–H groups in total. The zero-order chi connectivity index (χ0) is 15.8. The Morgan fingerprint density at radius 2 is 2.00 bits per heavy atom. The minimum atomic E-state index is 0.123. The van der Waals surface area contributed by atoms with Crippen LogP contribution in [0, 0.1) is 0 Å². The Hall–Kier alpha value is -0.950. The largest absolute Gasteiger partial charge is 0.383 e. The zero-order valence-corrected chi connectivity index (χ0v) is 14.0. The Morgan fingerprint density at radius 1 is 1.29 bits per heavy atom. The molecule has 0 aliphatic heterocycles. The first-order valence-corrected chi connectivity index (χ1v) is 7.52. The molecule has 21 heavy (non-hydrogen) atoms. The van der Waals surface area contributed by atoms with Gasteiger partial charge >= 0.3 is 0 Å². The van der Waals surface area contributed by atoms with Gasteiger partial charge in [-0.3, -0.25) is 9.58 Å². The third-order valence-electron chi connectivity index (χ3n) is 3.69. The summed E-state index contributed by atoms with van der Waals surface area (Å²) in [7, 11) is 3.44. The van der Waals surface area contributed by atoms with Crippen LogP contribution in [-0.4, -0.2) is 61.2 Å². The van der Waals surface area contributed by atoms with Crippen molar-refractivity contribution in [2.45, 2.75) is 38.9 Å². The second-order valence-corrected chi connectivity index (χ2v) is 5.63. The van der Waals surface area contributed by atoms with E-state index in [0.29, 0.717) is 25.8 Å². The standard InChI is InChI=1S/C15H30N4O2/c1-12(2)19-10-14(9-17-19)15(8-16)18(6-7-20-4)13(3)11-21-5/h9-10,12-13,15H,6-8,11,16H2,1-5H3. The van der Waals surface area contributed by atoms with E-state index in [4.69, 9.17) is 15.2 Å². The van der Waals surface area contributed by atoms with Gasteiger partial charge in [-0.2, -0.15) is 5.10 Å². The van der Waals surface area contributed by atoms with Crippen molar-refractivity contribution in [3.63, 3.8) is 0 Å². The number of nitrogens with two attached hydrogens (primary N) is 1. The first-order chi connectivity index (χ1) is 10.0. The van der Waals surface area contributed by atoms with Crippen molar-refractivity contribution in [1.82, 2.24) is 14.7 Å². The van der Waals surface area contributed by atoms with Crippen molar-refractivity contribution in [2.75, 3.05) is 40.5 Å². The Bertz CT molecular complexity index is 395. The monoisotopic (exact) mass is 298 g/mol. The minimum Gasteiger partial charge on any atom is -0.383 e. The van der Waals surface area contributed by atoms with Crippen LogP contribution < -0.4 is 5.73 Å². The van der Waals surface area contributed by atoms with Gasteiger partial charge in [-0.25, -0.2) is 0 Å². The van der Waals surface area contributed by atoms with Crippen molar-refractivity contribution in [1.29, 1.82) is 0 Å². The highest BCUT2D eigenvalue weighted by Crippen LogP contribution is 2.22. The predicted octanol–water partition coefficient (Wildman–Crippen LogP) is 1.45. The van der Waals surface area contributed by atoms with E-state index >= 15 is 0 Å². The Kier molecular flexibility index (Phi) is 7.88. The molecule has 1 rings (SSSR count). The highest BCUT2D eigenvalue weighted by Gasteiger charge is 2.25. The molecule has 0 spiro atoms. The van der Waals surface area contributed by atoms with Gasteiger partial charge < -0.3 is 15.2 Å². The topological polar surface area (TPSA) is 65.5 Å². The first-order valence-electron chi connectivity index (χ1n) is 7.52. The average molecular weight is 298 g/mol. The second-order valence-electron chi connectivity index (χ2n) is 5.63. The average Bonchev–Trinajstić information content (AvgIpc) is 2.93. The van der Waals surface area contributed by atoms with Gasteiger partial charge in [0.2, 0.25) is 0 Å². The van der Waals surface area contributed by atoms with Gasteiger partial charge in [-0.05, 0) is 20.8 Å². The number of aromatic nitrogens is 2. The molecule has 0 saturated carbocycles. The molecule has 0 aromatic carbocycles. The van der Waals surface area contributed by atoms with Crippen LogP contribution in [0.4, 0.5) is 0 Å². The number of hydrogen-bond acceptors (Lipinski definition) is 5. The maximum Gasteiger partial charge on any atom is 0.0615 e. The van der Waals surface area contributed by atoms with Crippen LogP contribution in [0.1, 0.15) is 38.4 Å². The molecule has 1 aromatic rings. The SMILES string of the molecule is COCCN(C(C)COC)C(CN)c1cnn(C(C)C)c1. The normalized spacial score (nSPS) is 14.9. The van der Waals surface area contributed by atoms with Gasteiger partial charge in [0.1, 0.15) is 0 Å². The summed E-state index contributed by atoms with van der Waals surface area (Å²) in [6.07, 6.45) is 4.00. The van der Waals surface area contributed by atoms with Gasteiger partial charge in [-0.1, -0.05) is 0 Å². The van der Waals surface area contributed by atoms with E-state index in [1.165, 1.54) is 0 Å². The highest BCUT2D eigenvalue weighted by atomic mass is 16.5. The molecule has 6 heteroatoms. The summed E-state index contributed by atoms with van der Waals surface area (Å²) < 4.78 is 12.5. The molecular weight excluding hydrogens is 268 g/mol. The summed E-state index contributed by atoms with van der Waals surface area (Å²) >= 11 is 0. The second kappa shape index (κ2) is 9.15. The minimum absolute atomic E-state index is 0.123. The number of hydrogen-bond donors (Lipinski definition) is 1. The summed E-state index contributed by atoms with van der Waals surface area (Å²) in [4.78, 5) is 2.33. The third-order valence-corrected chi connectivity index (χ3v) is 3.69. The summed E-state index contributed by atoms with van der Waals surface area (Å²) in [6.45, 7) is 9.07. The maximum atomic E-state index is 6.04. The fraction of sp³-hybridized carbons (Fsp3) is 0.800. The number of ether oxygens (including phenoxy) is 2. The van der Waals surface area contributed by atoms with E-state index in [1.54, 1.807) is 14.2 Å². The van der Waals surface area contributed by atoms with Gasteiger partial charge in [0.15, 0.2) is 0 Å². The van der Waals surface area contributed by atoms with Crippen molar-refractivity contribution >= 4 is 0 Å². The van der Waals surface area contributed by atoms with Gasteiger partial charge in [0.05, 0.1) is 25.5 Å². The van der Waals surface area contributed by atoms with E-state index in [0.717, 1.165) is 12.1 Å². The molecule has 2 unspecified atom stereocenters. The number of nitrogens with zero attached hydrogens (tertiary/aromatic N) is 3. The molecule has 0 aliphatic rings. The van der Waals surface area contributed by atoms with E-state index in [-0.39, 0.29) is 12.1 Å². The molecule has 2 atom stereocenters. The maximum absolute atomic E-state index is 6.04. The Balaban J connectivity index is 2.92. The van der Waals surface area contributed by atoms with E-state index in [9.17, 15) is 0 Å². The lowest BCUT2D eigenvalue weighted by molar-refractivity contribution is 0.0486. The molecule has 1 aromatic heterocycles. The van der Waals surface area contributed by atoms with E-state index in [2.05, 4.69) is 37.0 Å². The Labute approximate surface area is 128 Å². The molecule has 122 valence electrons. The summed E-state index contributed by atoms with van der Waals surface area (Å²) in [5, 5.41) is 4.42. The molecule has 0 bridgehead atoms. The van der Waals surface area contributed by atoms with Crippen LogP contribution in [0.25, 0.3) is 0 Å². The molecule has 0 amide bonds. The zero-order valence-electron chi connectivity index (χ0n) is 14.0. The molecule has 0 saturated heterocycles. The lowest BCUT2D eigenvalue weighted by Crippen LogP contribution is -2.43. The van der Waals surface area contributed by atoms with Gasteiger partial charge in [0, 0.05) is 51.2 Å². The summed E-state index contributed by atoms with van der Waals surface area (Å²) in [6, 6.07) is 0.736. The molecule has 1 heterocycles. The quantitative estimate of drug-likeness (QED) is 0.708.